The van der Waals surface area contributed by atoms with Gasteiger partial charge in [-0.05, 0) is 38.4 Å². The monoisotopic (exact) mass is 285 g/mol. The van der Waals surface area contributed by atoms with Gasteiger partial charge >= 0.3 is 6.18 Å². The second-order valence-electron chi connectivity index (χ2n) is 3.89. The molecule has 0 fully saturated rings. The van der Waals surface area contributed by atoms with Gasteiger partial charge in [0.2, 0.25) is 0 Å². The number of unbranched alkanes of at least 4 members (excludes halogenated alkanes) is 1. The lowest BCUT2D eigenvalue weighted by Gasteiger charge is -2.12. The van der Waals surface area contributed by atoms with E-state index in [1.54, 1.807) is 0 Å². The van der Waals surface area contributed by atoms with Gasteiger partial charge in [0.15, 0.2) is 0 Å². The molecular weight excluding hydrogens is 271 g/mol. The van der Waals surface area contributed by atoms with E-state index in [-0.39, 0.29) is 12.5 Å². The van der Waals surface area contributed by atoms with Crippen LogP contribution in [0.1, 0.15) is 37.1 Å². The quantitative estimate of drug-likeness (QED) is 0.741. The van der Waals surface area contributed by atoms with E-state index in [1.165, 1.54) is 11.3 Å². The van der Waals surface area contributed by atoms with E-state index in [4.69, 9.17) is 11.6 Å². The molecule has 1 heterocycles. The van der Waals surface area contributed by atoms with Crippen LogP contribution in [0.15, 0.2) is 12.1 Å². The molecule has 1 atom stereocenters. The molecule has 1 nitrogen and oxygen atoms in total. The van der Waals surface area contributed by atoms with Crippen molar-refractivity contribution in [3.63, 3.8) is 0 Å². The summed E-state index contributed by atoms with van der Waals surface area (Å²) in [6.45, 7) is 2.57. The predicted molar refractivity (Wildman–Crippen MR) is 65.7 cm³/mol. The number of rotatable bonds is 6. The maximum Gasteiger partial charge on any atom is 0.389 e. The van der Waals surface area contributed by atoms with E-state index in [0.29, 0.717) is 13.0 Å². The minimum Gasteiger partial charge on any atom is -0.309 e. The Kier molecular flexibility index (Phi) is 5.76. The van der Waals surface area contributed by atoms with Crippen LogP contribution in [0.3, 0.4) is 0 Å². The van der Waals surface area contributed by atoms with Crippen molar-refractivity contribution >= 4 is 22.9 Å². The normalized spacial score (nSPS) is 13.9. The summed E-state index contributed by atoms with van der Waals surface area (Å²) in [6.07, 6.45) is -4.03. The predicted octanol–water partition coefficient (Wildman–Crippen LogP) is 4.78. The van der Waals surface area contributed by atoms with Crippen LogP contribution in [0.25, 0.3) is 0 Å². The molecule has 1 N–H and O–H groups in total. The van der Waals surface area contributed by atoms with Crippen LogP contribution in [0.5, 0.6) is 0 Å². The van der Waals surface area contributed by atoms with E-state index in [0.717, 1.165) is 9.21 Å². The van der Waals surface area contributed by atoms with Gasteiger partial charge in [-0.3, -0.25) is 0 Å². The molecule has 1 aromatic heterocycles. The van der Waals surface area contributed by atoms with Crippen LogP contribution >= 0.6 is 22.9 Å². The molecule has 98 valence electrons. The summed E-state index contributed by atoms with van der Waals surface area (Å²) in [7, 11) is 0. The minimum absolute atomic E-state index is 0.137. The van der Waals surface area contributed by atoms with Crippen molar-refractivity contribution in [2.24, 2.45) is 0 Å². The smallest absolute Gasteiger partial charge is 0.309 e. The first kappa shape index (κ1) is 14.8. The molecule has 0 amide bonds. The van der Waals surface area contributed by atoms with Crippen molar-refractivity contribution in [3.8, 4) is 0 Å². The number of hydrogen-bond acceptors (Lipinski definition) is 2. The van der Waals surface area contributed by atoms with E-state index in [2.05, 4.69) is 5.32 Å². The molecule has 0 saturated carbocycles. The van der Waals surface area contributed by atoms with Gasteiger partial charge in [0.1, 0.15) is 0 Å². The van der Waals surface area contributed by atoms with Gasteiger partial charge in [-0.15, -0.1) is 11.3 Å². The molecule has 6 heteroatoms. The van der Waals surface area contributed by atoms with E-state index >= 15 is 0 Å². The Hall–Kier alpha value is -0.260. The Balaban J connectivity index is 2.15. The summed E-state index contributed by atoms with van der Waals surface area (Å²) >= 11 is 7.29. The third-order valence-electron chi connectivity index (χ3n) is 2.36. The zero-order valence-electron chi connectivity index (χ0n) is 9.48. The maximum absolute atomic E-state index is 11.9. The molecule has 0 spiro atoms. The van der Waals surface area contributed by atoms with Crippen molar-refractivity contribution in [1.29, 1.82) is 0 Å². The minimum atomic E-state index is -4.03. The molecule has 0 aliphatic rings. The summed E-state index contributed by atoms with van der Waals surface area (Å²) in [5.41, 5.74) is 0. The Morgan fingerprint density at radius 3 is 2.59 bits per heavy atom. The zero-order valence-corrected chi connectivity index (χ0v) is 11.1. The molecule has 0 aromatic carbocycles. The van der Waals surface area contributed by atoms with Crippen LogP contribution in [-0.4, -0.2) is 12.7 Å². The summed E-state index contributed by atoms with van der Waals surface area (Å²) in [5, 5.41) is 3.18. The molecule has 0 aliphatic carbocycles. The average Bonchev–Trinajstić information content (AvgIpc) is 2.62. The lowest BCUT2D eigenvalue weighted by atomic mass is 10.2. The molecular formula is C11H15ClF3NS. The zero-order chi connectivity index (χ0) is 12.9. The fourth-order valence-electron chi connectivity index (χ4n) is 1.43. The largest absolute Gasteiger partial charge is 0.389 e. The molecule has 0 radical (unpaired) electrons. The fraction of sp³-hybridized carbons (Fsp3) is 0.636. The van der Waals surface area contributed by atoms with E-state index in [9.17, 15) is 13.2 Å². The third kappa shape index (κ3) is 6.29. The second kappa shape index (κ2) is 6.61. The Morgan fingerprint density at radius 2 is 2.06 bits per heavy atom. The first-order chi connectivity index (χ1) is 7.88. The van der Waals surface area contributed by atoms with Gasteiger partial charge in [0.05, 0.1) is 4.34 Å². The van der Waals surface area contributed by atoms with Gasteiger partial charge in [0, 0.05) is 17.3 Å². The van der Waals surface area contributed by atoms with E-state index in [1.807, 2.05) is 19.1 Å². The van der Waals surface area contributed by atoms with Crippen molar-refractivity contribution in [2.45, 2.75) is 38.4 Å². The first-order valence-electron chi connectivity index (χ1n) is 5.44. The van der Waals surface area contributed by atoms with Crippen LogP contribution in [0.4, 0.5) is 13.2 Å². The number of thiophene rings is 1. The highest BCUT2D eigenvalue weighted by atomic mass is 35.5. The number of hydrogen-bond donors (Lipinski definition) is 1. The lowest BCUT2D eigenvalue weighted by molar-refractivity contribution is -0.135. The summed E-state index contributed by atoms with van der Waals surface area (Å²) in [4.78, 5) is 1.10. The molecule has 1 unspecified atom stereocenters. The summed E-state index contributed by atoms with van der Waals surface area (Å²) < 4.78 is 36.4. The SMILES string of the molecule is CC(NCCCCC(F)(F)F)c1ccc(Cl)s1. The van der Waals surface area contributed by atoms with Crippen molar-refractivity contribution in [2.75, 3.05) is 6.54 Å². The van der Waals surface area contributed by atoms with Crippen LogP contribution in [0.2, 0.25) is 4.34 Å². The van der Waals surface area contributed by atoms with Gasteiger partial charge < -0.3 is 5.32 Å². The Bertz CT molecular complexity index is 338. The average molecular weight is 286 g/mol. The first-order valence-corrected chi connectivity index (χ1v) is 6.63. The van der Waals surface area contributed by atoms with E-state index < -0.39 is 12.6 Å². The number of alkyl halides is 3. The fourth-order valence-corrected chi connectivity index (χ4v) is 2.52. The standard InChI is InChI=1S/C11H15ClF3NS/c1-8(9-4-5-10(12)17-9)16-7-3-2-6-11(13,14)15/h4-5,8,16H,2-3,6-7H2,1H3. The van der Waals surface area contributed by atoms with Crippen molar-refractivity contribution < 1.29 is 13.2 Å². The molecule has 0 bridgehead atoms. The highest BCUT2D eigenvalue weighted by Gasteiger charge is 2.25. The van der Waals surface area contributed by atoms with Crippen LogP contribution < -0.4 is 5.32 Å². The molecule has 0 aliphatic heterocycles. The number of nitrogens with one attached hydrogen (secondary N) is 1. The van der Waals surface area contributed by atoms with Gasteiger partial charge in [0.25, 0.3) is 0 Å². The third-order valence-corrected chi connectivity index (χ3v) is 3.77. The van der Waals surface area contributed by atoms with Crippen LogP contribution in [-0.2, 0) is 0 Å². The van der Waals surface area contributed by atoms with Gasteiger partial charge in [-0.2, -0.15) is 13.2 Å². The molecule has 0 saturated heterocycles. The summed E-state index contributed by atoms with van der Waals surface area (Å²) in [6, 6.07) is 3.89. The second-order valence-corrected chi connectivity index (χ2v) is 5.64. The van der Waals surface area contributed by atoms with Crippen molar-refractivity contribution in [1.82, 2.24) is 5.32 Å². The van der Waals surface area contributed by atoms with Gasteiger partial charge in [-0.1, -0.05) is 11.6 Å². The molecule has 1 rings (SSSR count). The Labute approximate surface area is 108 Å². The Morgan fingerprint density at radius 1 is 1.35 bits per heavy atom. The van der Waals surface area contributed by atoms with Gasteiger partial charge in [-0.25, -0.2) is 0 Å². The topological polar surface area (TPSA) is 12.0 Å². The molecule has 17 heavy (non-hydrogen) atoms. The highest BCUT2D eigenvalue weighted by Crippen LogP contribution is 2.26. The van der Waals surface area contributed by atoms with Crippen LogP contribution in [0, 0.1) is 0 Å². The molecule has 1 aromatic rings. The van der Waals surface area contributed by atoms with Crippen molar-refractivity contribution in [3.05, 3.63) is 21.3 Å². The maximum atomic E-state index is 11.9. The highest BCUT2D eigenvalue weighted by molar-refractivity contribution is 7.16. The summed E-state index contributed by atoms with van der Waals surface area (Å²) in [5.74, 6) is 0. The lowest BCUT2D eigenvalue weighted by Crippen LogP contribution is -2.19. The number of halogens is 4.